The zero-order valence-corrected chi connectivity index (χ0v) is 13.6. The molecule has 0 aliphatic carbocycles. The van der Waals surface area contributed by atoms with Gasteiger partial charge in [-0.15, -0.1) is 0 Å². The molecular weight excluding hydrogens is 236 g/mol. The molecule has 0 fully saturated rings. The molecule has 0 aromatic rings. The van der Waals surface area contributed by atoms with Gasteiger partial charge in [-0.3, -0.25) is 4.79 Å². The highest BCUT2D eigenvalue weighted by Crippen LogP contribution is 2.35. The van der Waals surface area contributed by atoms with Gasteiger partial charge in [0.05, 0.1) is 12.0 Å². The minimum Gasteiger partial charge on any atom is -0.384 e. The van der Waals surface area contributed by atoms with E-state index < -0.39 is 0 Å². The van der Waals surface area contributed by atoms with Crippen molar-refractivity contribution in [2.75, 3.05) is 13.7 Å². The first-order valence-corrected chi connectivity index (χ1v) is 7.69. The van der Waals surface area contributed by atoms with Gasteiger partial charge in [0.2, 0.25) is 0 Å². The van der Waals surface area contributed by atoms with Crippen LogP contribution >= 0.6 is 0 Å². The lowest BCUT2D eigenvalue weighted by Gasteiger charge is -2.33. The molecule has 0 aromatic carbocycles. The van der Waals surface area contributed by atoms with E-state index in [4.69, 9.17) is 4.74 Å². The van der Waals surface area contributed by atoms with E-state index in [1.165, 1.54) is 0 Å². The lowest BCUT2D eigenvalue weighted by atomic mass is 9.72. The zero-order chi connectivity index (χ0) is 14.9. The molecule has 0 heterocycles. The topological polar surface area (TPSA) is 26.3 Å². The molecule has 0 rings (SSSR count). The summed E-state index contributed by atoms with van der Waals surface area (Å²) in [5, 5.41) is 0. The molecule has 0 saturated carbocycles. The maximum Gasteiger partial charge on any atom is 0.141 e. The number of carbonyl (C=O) groups excluding carboxylic acids is 1. The van der Waals surface area contributed by atoms with Crippen LogP contribution in [0.25, 0.3) is 0 Å². The van der Waals surface area contributed by atoms with Gasteiger partial charge < -0.3 is 4.74 Å². The summed E-state index contributed by atoms with van der Waals surface area (Å²) in [5.41, 5.74) is -0.277. The average Bonchev–Trinajstić information content (AvgIpc) is 2.33. The van der Waals surface area contributed by atoms with E-state index in [9.17, 15) is 4.79 Å². The Hall–Kier alpha value is -0.370. The van der Waals surface area contributed by atoms with Gasteiger partial charge in [-0.1, -0.05) is 34.6 Å². The molecule has 0 aromatic heterocycles. The molecule has 0 saturated heterocycles. The van der Waals surface area contributed by atoms with Crippen LogP contribution < -0.4 is 0 Å². The van der Waals surface area contributed by atoms with Gasteiger partial charge in [-0.05, 0) is 43.9 Å². The van der Waals surface area contributed by atoms with Crippen molar-refractivity contribution >= 4 is 5.78 Å². The van der Waals surface area contributed by atoms with Crippen molar-refractivity contribution in [2.24, 2.45) is 17.3 Å². The van der Waals surface area contributed by atoms with Gasteiger partial charge >= 0.3 is 0 Å². The van der Waals surface area contributed by atoms with E-state index in [0.717, 1.165) is 25.7 Å². The van der Waals surface area contributed by atoms with Crippen molar-refractivity contribution in [1.82, 2.24) is 0 Å². The molecule has 2 heteroatoms. The number of carbonyl (C=O) groups is 1. The number of Topliss-reactive ketones (excluding diaryl/α,β-unsaturated/α-hetero) is 1. The fraction of sp³-hybridized carbons (Fsp3) is 0.882. The molecule has 0 bridgehead atoms. The Kier molecular flexibility index (Phi) is 9.34. The molecule has 0 amide bonds. The van der Waals surface area contributed by atoms with Crippen LogP contribution in [-0.4, -0.2) is 19.5 Å². The highest BCUT2D eigenvalue weighted by molar-refractivity contribution is 5.85. The first-order chi connectivity index (χ1) is 8.88. The summed E-state index contributed by atoms with van der Waals surface area (Å²) in [6.07, 6.45) is 5.34. The Bertz CT molecular complexity index is 232. The van der Waals surface area contributed by atoms with Crippen LogP contribution in [0.5, 0.6) is 0 Å². The van der Waals surface area contributed by atoms with E-state index >= 15 is 0 Å². The van der Waals surface area contributed by atoms with Crippen LogP contribution in [0.1, 0.15) is 66.2 Å². The van der Waals surface area contributed by atoms with Crippen molar-refractivity contribution in [2.45, 2.75) is 66.2 Å². The second kappa shape index (κ2) is 9.52. The normalized spacial score (nSPS) is 12.4. The van der Waals surface area contributed by atoms with Gasteiger partial charge in [0.1, 0.15) is 5.78 Å². The average molecular weight is 269 g/mol. The minimum atomic E-state index is -0.277. The Morgan fingerprint density at radius 2 is 1.58 bits per heavy atom. The summed E-state index contributed by atoms with van der Waals surface area (Å²) in [4.78, 5) is 12.6. The van der Waals surface area contributed by atoms with Crippen LogP contribution in [0.4, 0.5) is 0 Å². The third-order valence-electron chi connectivity index (χ3n) is 3.82. The standard InChI is InChI=1S/C17H33O2/c1-7-8-16(18)17(13-19-6,11-9-14(2)3)12-10-15(4)5/h14-15H,1,7-13H2,2-6H3. The Morgan fingerprint density at radius 1 is 1.11 bits per heavy atom. The van der Waals surface area contributed by atoms with Crippen LogP contribution in [-0.2, 0) is 9.53 Å². The van der Waals surface area contributed by atoms with Crippen LogP contribution in [0.3, 0.4) is 0 Å². The van der Waals surface area contributed by atoms with Crippen LogP contribution in [0, 0.1) is 24.2 Å². The Balaban J connectivity index is 4.91. The number of rotatable bonds is 11. The number of methoxy groups -OCH3 is 1. The lowest BCUT2D eigenvalue weighted by molar-refractivity contribution is -0.133. The summed E-state index contributed by atoms with van der Waals surface area (Å²) < 4.78 is 5.40. The predicted molar refractivity (Wildman–Crippen MR) is 82.1 cm³/mol. The van der Waals surface area contributed by atoms with Crippen molar-refractivity contribution in [1.29, 1.82) is 0 Å². The van der Waals surface area contributed by atoms with E-state index in [2.05, 4.69) is 34.6 Å². The molecule has 19 heavy (non-hydrogen) atoms. The van der Waals surface area contributed by atoms with Gasteiger partial charge in [0, 0.05) is 13.5 Å². The molecular formula is C17H33O2. The second-order valence-corrected chi connectivity index (χ2v) is 6.61. The maximum atomic E-state index is 12.6. The number of ketones is 1. The minimum absolute atomic E-state index is 0.277. The third-order valence-corrected chi connectivity index (χ3v) is 3.82. The van der Waals surface area contributed by atoms with Gasteiger partial charge in [0.15, 0.2) is 0 Å². The Morgan fingerprint density at radius 3 is 1.89 bits per heavy atom. The molecule has 0 aliphatic rings. The largest absolute Gasteiger partial charge is 0.384 e. The zero-order valence-electron chi connectivity index (χ0n) is 13.6. The van der Waals surface area contributed by atoms with Crippen molar-refractivity contribution in [3.63, 3.8) is 0 Å². The number of ether oxygens (including phenoxy) is 1. The van der Waals surface area contributed by atoms with Crippen molar-refractivity contribution in [3.8, 4) is 0 Å². The van der Waals surface area contributed by atoms with Gasteiger partial charge in [0.25, 0.3) is 0 Å². The highest BCUT2D eigenvalue weighted by atomic mass is 16.5. The summed E-state index contributed by atoms with van der Waals surface area (Å²) in [6, 6.07) is 0. The highest BCUT2D eigenvalue weighted by Gasteiger charge is 2.36. The van der Waals surface area contributed by atoms with Crippen molar-refractivity contribution < 1.29 is 9.53 Å². The third kappa shape index (κ3) is 7.10. The second-order valence-electron chi connectivity index (χ2n) is 6.61. The fourth-order valence-electron chi connectivity index (χ4n) is 2.46. The molecule has 0 atom stereocenters. The quantitative estimate of drug-likeness (QED) is 0.544. The summed E-state index contributed by atoms with van der Waals surface area (Å²) in [5.74, 6) is 1.61. The molecule has 0 spiro atoms. The maximum absolute atomic E-state index is 12.6. The first-order valence-electron chi connectivity index (χ1n) is 7.69. The lowest BCUT2D eigenvalue weighted by Crippen LogP contribution is -2.36. The smallest absolute Gasteiger partial charge is 0.141 e. The van der Waals surface area contributed by atoms with Crippen LogP contribution in [0.15, 0.2) is 0 Å². The van der Waals surface area contributed by atoms with E-state index in [1.54, 1.807) is 7.11 Å². The molecule has 0 N–H and O–H groups in total. The number of hydrogen-bond donors (Lipinski definition) is 0. The molecule has 0 aliphatic heterocycles. The van der Waals surface area contributed by atoms with Gasteiger partial charge in [-0.2, -0.15) is 0 Å². The molecule has 2 nitrogen and oxygen atoms in total. The van der Waals surface area contributed by atoms with Crippen LogP contribution in [0.2, 0.25) is 0 Å². The first kappa shape index (κ1) is 18.6. The number of hydrogen-bond acceptors (Lipinski definition) is 2. The SMILES string of the molecule is [CH2]CCC(=O)C(CCC(C)C)(CCC(C)C)COC. The summed E-state index contributed by atoms with van der Waals surface area (Å²) >= 11 is 0. The monoisotopic (exact) mass is 269 g/mol. The molecule has 0 unspecified atom stereocenters. The van der Waals surface area contributed by atoms with E-state index in [1.807, 2.05) is 0 Å². The van der Waals surface area contributed by atoms with E-state index in [0.29, 0.717) is 37.1 Å². The predicted octanol–water partition coefficient (Wildman–Crippen LogP) is 4.67. The fourth-order valence-corrected chi connectivity index (χ4v) is 2.46. The summed E-state index contributed by atoms with van der Waals surface area (Å²) in [6.45, 7) is 13.2. The molecule has 1 radical (unpaired) electrons. The van der Waals surface area contributed by atoms with E-state index in [-0.39, 0.29) is 5.41 Å². The Labute approximate surface area is 120 Å². The summed E-state index contributed by atoms with van der Waals surface area (Å²) in [7, 11) is 1.71. The van der Waals surface area contributed by atoms with Crippen molar-refractivity contribution in [3.05, 3.63) is 6.92 Å². The van der Waals surface area contributed by atoms with Gasteiger partial charge in [-0.25, -0.2) is 0 Å². The molecule has 113 valence electrons.